The molecule has 0 bridgehead atoms. The van der Waals surface area contributed by atoms with Gasteiger partial charge in [-0.25, -0.2) is 31.7 Å². The van der Waals surface area contributed by atoms with E-state index in [9.17, 15) is 31.1 Å². The molecule has 0 aliphatic carbocycles. The number of methoxy groups -OCH3 is 1. The molecule has 0 amide bonds. The lowest BCUT2D eigenvalue weighted by atomic mass is 10.1. The maximum Gasteiger partial charge on any atom is 0.342 e. The highest BCUT2D eigenvalue weighted by molar-refractivity contribution is 5.89. The highest BCUT2D eigenvalue weighted by atomic mass is 19.2. The Morgan fingerprint density at radius 3 is 1.86 bits per heavy atom. The zero-order chi connectivity index (χ0) is 16.6. The highest BCUT2D eigenvalue weighted by Gasteiger charge is 2.28. The largest absolute Gasteiger partial charge is 0.465 e. The predicted octanol–water partition coefficient (Wildman–Crippen LogP) is 3.37. The third-order valence-electron chi connectivity index (χ3n) is 2.72. The number of hydrogen-bond donors (Lipinski definition) is 0. The minimum Gasteiger partial charge on any atom is -0.465 e. The number of esters is 1. The molecule has 2 aromatic rings. The van der Waals surface area contributed by atoms with Gasteiger partial charge in [0.2, 0.25) is 11.8 Å². The van der Waals surface area contributed by atoms with Gasteiger partial charge in [0.25, 0.3) is 0 Å². The Hall–Kier alpha value is -2.58. The van der Waals surface area contributed by atoms with E-state index >= 15 is 0 Å². The number of carbonyl (C=O) groups is 1. The molecule has 1 aromatic carbocycles. The summed E-state index contributed by atoms with van der Waals surface area (Å²) in [7, 11) is 0.958. The van der Waals surface area contributed by atoms with Gasteiger partial charge >= 0.3 is 5.97 Å². The van der Waals surface area contributed by atoms with E-state index in [2.05, 4.69) is 9.72 Å². The summed E-state index contributed by atoms with van der Waals surface area (Å²) in [6, 6.07) is 1.48. The van der Waals surface area contributed by atoms with E-state index in [1.807, 2.05) is 0 Å². The van der Waals surface area contributed by atoms with Gasteiger partial charge in [-0.2, -0.15) is 4.39 Å². The summed E-state index contributed by atoms with van der Waals surface area (Å²) < 4.78 is 84.1. The number of benzene rings is 1. The summed E-state index contributed by atoms with van der Waals surface area (Å²) in [5.41, 5.74) is -2.92. The van der Waals surface area contributed by atoms with Crippen LogP contribution in [0.3, 0.4) is 0 Å². The fraction of sp³-hybridized carbons (Fsp3) is 0.0769. The van der Waals surface area contributed by atoms with Gasteiger partial charge in [-0.1, -0.05) is 0 Å². The second-order valence-electron chi connectivity index (χ2n) is 3.97. The van der Waals surface area contributed by atoms with Crippen molar-refractivity contribution >= 4 is 5.97 Å². The summed E-state index contributed by atoms with van der Waals surface area (Å²) >= 11 is 0. The molecule has 0 spiro atoms. The van der Waals surface area contributed by atoms with Crippen LogP contribution in [-0.2, 0) is 4.74 Å². The molecule has 0 N–H and O–H groups in total. The average molecular weight is 321 g/mol. The number of halogens is 6. The second kappa shape index (κ2) is 5.66. The number of ether oxygens (including phenoxy) is 1. The molecule has 3 nitrogen and oxygen atoms in total. The maximum atomic E-state index is 13.6. The lowest BCUT2D eigenvalue weighted by Crippen LogP contribution is -2.09. The molecule has 22 heavy (non-hydrogen) atoms. The molecule has 0 fully saturated rings. The summed E-state index contributed by atoms with van der Waals surface area (Å²) in [5, 5.41) is 0. The van der Waals surface area contributed by atoms with E-state index in [1.54, 1.807) is 0 Å². The molecule has 0 unspecified atom stereocenters. The van der Waals surface area contributed by atoms with Crippen LogP contribution in [0.5, 0.6) is 0 Å². The maximum absolute atomic E-state index is 13.6. The van der Waals surface area contributed by atoms with Crippen LogP contribution < -0.4 is 0 Å². The fourth-order valence-corrected chi connectivity index (χ4v) is 1.67. The molecular formula is C13H5F6NO2. The quantitative estimate of drug-likeness (QED) is 0.280. The van der Waals surface area contributed by atoms with Crippen molar-refractivity contribution in [3.63, 3.8) is 0 Å². The van der Waals surface area contributed by atoms with Crippen LogP contribution in [-0.4, -0.2) is 18.1 Å². The summed E-state index contributed by atoms with van der Waals surface area (Å²) in [4.78, 5) is 14.2. The van der Waals surface area contributed by atoms with E-state index in [4.69, 9.17) is 0 Å². The topological polar surface area (TPSA) is 39.2 Å². The molecule has 1 heterocycles. The van der Waals surface area contributed by atoms with Gasteiger partial charge in [0.15, 0.2) is 23.3 Å². The normalized spacial score (nSPS) is 10.7. The van der Waals surface area contributed by atoms with Crippen LogP contribution in [0.1, 0.15) is 10.4 Å². The van der Waals surface area contributed by atoms with Gasteiger partial charge in [0.05, 0.1) is 18.4 Å². The number of aromatic nitrogens is 1. The van der Waals surface area contributed by atoms with Crippen LogP contribution in [0.2, 0.25) is 0 Å². The lowest BCUT2D eigenvalue weighted by Gasteiger charge is -2.08. The van der Waals surface area contributed by atoms with E-state index in [-0.39, 0.29) is 0 Å². The van der Waals surface area contributed by atoms with Gasteiger partial charge < -0.3 is 4.74 Å². The third-order valence-corrected chi connectivity index (χ3v) is 2.72. The number of rotatable bonds is 2. The van der Waals surface area contributed by atoms with E-state index < -0.39 is 57.8 Å². The molecule has 9 heteroatoms. The average Bonchev–Trinajstić information content (AvgIpc) is 2.50. The van der Waals surface area contributed by atoms with Gasteiger partial charge in [0, 0.05) is 0 Å². The molecule has 0 radical (unpaired) electrons. The number of nitrogens with zero attached hydrogens (tertiary/aromatic N) is 1. The smallest absolute Gasteiger partial charge is 0.342 e. The number of hydrogen-bond acceptors (Lipinski definition) is 3. The predicted molar refractivity (Wildman–Crippen MR) is 60.8 cm³/mol. The first kappa shape index (κ1) is 15.8. The first-order chi connectivity index (χ1) is 10.3. The van der Waals surface area contributed by atoms with Crippen LogP contribution >= 0.6 is 0 Å². The summed E-state index contributed by atoms with van der Waals surface area (Å²) in [6.07, 6.45) is 0. The first-order valence-electron chi connectivity index (χ1n) is 5.56. The van der Waals surface area contributed by atoms with E-state index in [0.717, 1.165) is 19.2 Å². The molecule has 0 atom stereocenters. The Morgan fingerprint density at radius 2 is 1.41 bits per heavy atom. The standard InChI is InChI=1S/C13H5F6NO2/c1-22-13(21)4-2-3-5(20-12(4)19)6-7(14)9(16)11(18)10(17)8(6)15/h2-3H,1H3. The zero-order valence-corrected chi connectivity index (χ0v) is 10.7. The minimum absolute atomic E-state index is 0.657. The van der Waals surface area contributed by atoms with Crippen molar-refractivity contribution in [2.24, 2.45) is 0 Å². The van der Waals surface area contributed by atoms with E-state index in [1.165, 1.54) is 0 Å². The minimum atomic E-state index is -2.34. The van der Waals surface area contributed by atoms with Crippen LogP contribution in [0.25, 0.3) is 11.3 Å². The van der Waals surface area contributed by atoms with Crippen molar-refractivity contribution in [1.82, 2.24) is 4.98 Å². The molecule has 0 saturated carbocycles. The van der Waals surface area contributed by atoms with E-state index in [0.29, 0.717) is 0 Å². The zero-order valence-electron chi connectivity index (χ0n) is 10.7. The van der Waals surface area contributed by atoms with Gasteiger partial charge in [0.1, 0.15) is 5.56 Å². The third kappa shape index (κ3) is 2.38. The molecular weight excluding hydrogens is 316 g/mol. The molecule has 116 valence electrons. The Morgan fingerprint density at radius 1 is 0.909 bits per heavy atom. The molecule has 0 aliphatic rings. The molecule has 2 rings (SSSR count). The van der Waals surface area contributed by atoms with Crippen LogP contribution in [0.4, 0.5) is 26.3 Å². The highest BCUT2D eigenvalue weighted by Crippen LogP contribution is 2.30. The van der Waals surface area contributed by atoms with Crippen molar-refractivity contribution in [2.75, 3.05) is 7.11 Å². The SMILES string of the molecule is COC(=O)c1ccc(-c2c(F)c(F)c(F)c(F)c2F)nc1F. The first-order valence-corrected chi connectivity index (χ1v) is 5.56. The van der Waals surface area contributed by atoms with Crippen LogP contribution in [0, 0.1) is 35.0 Å². The van der Waals surface area contributed by atoms with Crippen LogP contribution in [0.15, 0.2) is 12.1 Å². The molecule has 0 saturated heterocycles. The van der Waals surface area contributed by atoms with Crippen molar-refractivity contribution < 1.29 is 35.9 Å². The molecule has 1 aromatic heterocycles. The Balaban J connectivity index is 2.68. The fourth-order valence-electron chi connectivity index (χ4n) is 1.67. The van der Waals surface area contributed by atoms with Crippen molar-refractivity contribution in [3.05, 3.63) is 52.7 Å². The van der Waals surface area contributed by atoms with Gasteiger partial charge in [-0.3, -0.25) is 0 Å². The summed E-state index contributed by atoms with van der Waals surface area (Å²) in [6.45, 7) is 0. The summed E-state index contributed by atoms with van der Waals surface area (Å²) in [5.74, 6) is -13.6. The lowest BCUT2D eigenvalue weighted by molar-refractivity contribution is 0.0594. The van der Waals surface area contributed by atoms with Gasteiger partial charge in [-0.15, -0.1) is 0 Å². The number of pyridine rings is 1. The van der Waals surface area contributed by atoms with Crippen molar-refractivity contribution in [3.8, 4) is 11.3 Å². The second-order valence-corrected chi connectivity index (χ2v) is 3.97. The number of carbonyl (C=O) groups excluding carboxylic acids is 1. The Kier molecular flexibility index (Phi) is 4.07. The monoisotopic (exact) mass is 321 g/mol. The van der Waals surface area contributed by atoms with Crippen molar-refractivity contribution in [1.29, 1.82) is 0 Å². The Bertz CT molecular complexity index is 749. The Labute approximate surface area is 119 Å². The van der Waals surface area contributed by atoms with Gasteiger partial charge in [-0.05, 0) is 12.1 Å². The van der Waals surface area contributed by atoms with Crippen molar-refractivity contribution in [2.45, 2.75) is 0 Å². The molecule has 0 aliphatic heterocycles.